The molecule has 1 atom stereocenters. The molecule has 2 aliphatic heterocycles. The number of nitrogens with zero attached hydrogens (tertiary/aromatic N) is 2. The summed E-state index contributed by atoms with van der Waals surface area (Å²) in [4.78, 5) is 30.8. The SMILES string of the molecule is CCCCOc1ccc(C2/C(=C(\O)c3ccc(OC(C)C)c(C)c3)C(=O)C(=O)N2CCN2CCOCC2)cc1OC. The summed E-state index contributed by atoms with van der Waals surface area (Å²) in [6.07, 6.45) is 1.91. The van der Waals surface area contributed by atoms with Crippen LogP contribution in [0.1, 0.15) is 56.3 Å². The van der Waals surface area contributed by atoms with Gasteiger partial charge in [-0.1, -0.05) is 19.4 Å². The molecule has 0 aromatic heterocycles. The zero-order valence-corrected chi connectivity index (χ0v) is 24.8. The number of aliphatic hydroxyl groups excluding tert-OH is 1. The standard InChI is InChI=1S/C32H42N2O7/c1-6-7-16-40-26-11-8-23(20-27(26)38-5)29-28(30(35)24-9-10-25(22(4)19-24)41-21(2)3)31(36)32(37)34(29)13-12-33-14-17-39-18-15-33/h8-11,19-21,29,35H,6-7,12-18H2,1-5H3/b30-28+. The molecule has 2 saturated heterocycles. The third-order valence-electron chi connectivity index (χ3n) is 7.37. The van der Waals surface area contributed by atoms with Crippen molar-refractivity contribution in [3.63, 3.8) is 0 Å². The van der Waals surface area contributed by atoms with Gasteiger partial charge in [-0.3, -0.25) is 14.5 Å². The first-order valence-corrected chi connectivity index (χ1v) is 14.4. The minimum atomic E-state index is -0.790. The lowest BCUT2D eigenvalue weighted by atomic mass is 9.94. The number of aryl methyl sites for hydroxylation is 1. The highest BCUT2D eigenvalue weighted by atomic mass is 16.5. The van der Waals surface area contributed by atoms with E-state index in [4.69, 9.17) is 18.9 Å². The molecule has 4 rings (SSSR count). The molecule has 1 N–H and O–H groups in total. The Bertz CT molecular complexity index is 1270. The van der Waals surface area contributed by atoms with Crippen molar-refractivity contribution in [1.82, 2.24) is 9.80 Å². The molecule has 2 aliphatic rings. The predicted octanol–water partition coefficient (Wildman–Crippen LogP) is 4.72. The maximum atomic E-state index is 13.5. The van der Waals surface area contributed by atoms with Crippen molar-refractivity contribution in [2.24, 2.45) is 0 Å². The van der Waals surface area contributed by atoms with Crippen LogP contribution in [-0.4, -0.2) is 85.8 Å². The quantitative estimate of drug-likeness (QED) is 0.171. The summed E-state index contributed by atoms with van der Waals surface area (Å²) < 4.78 is 22.8. The number of ether oxygens (including phenoxy) is 4. The minimum absolute atomic E-state index is 0.00570. The van der Waals surface area contributed by atoms with Crippen molar-refractivity contribution in [1.29, 1.82) is 0 Å². The lowest BCUT2D eigenvalue weighted by molar-refractivity contribution is -0.140. The Morgan fingerprint density at radius 2 is 1.78 bits per heavy atom. The van der Waals surface area contributed by atoms with Gasteiger partial charge in [-0.15, -0.1) is 0 Å². The van der Waals surface area contributed by atoms with E-state index in [0.29, 0.717) is 61.3 Å². The van der Waals surface area contributed by atoms with Crippen molar-refractivity contribution in [3.05, 3.63) is 58.7 Å². The van der Waals surface area contributed by atoms with E-state index in [-0.39, 0.29) is 17.4 Å². The number of benzene rings is 2. The van der Waals surface area contributed by atoms with E-state index >= 15 is 0 Å². The number of hydrogen-bond acceptors (Lipinski definition) is 8. The normalized spacial score (nSPS) is 19.2. The van der Waals surface area contributed by atoms with Crippen LogP contribution in [0.4, 0.5) is 0 Å². The molecule has 0 spiro atoms. The van der Waals surface area contributed by atoms with E-state index in [9.17, 15) is 14.7 Å². The summed E-state index contributed by atoms with van der Waals surface area (Å²) in [5.74, 6) is 0.223. The summed E-state index contributed by atoms with van der Waals surface area (Å²) in [6.45, 7) is 12.1. The number of ketones is 1. The Labute approximate surface area is 242 Å². The number of morpholine rings is 1. The molecule has 2 aromatic carbocycles. The number of likely N-dealkylation sites (tertiary alicyclic amines) is 1. The first-order valence-electron chi connectivity index (χ1n) is 14.4. The molecule has 1 unspecified atom stereocenters. The van der Waals surface area contributed by atoms with Gasteiger partial charge in [-0.05, 0) is 68.7 Å². The molecule has 2 fully saturated rings. The Morgan fingerprint density at radius 3 is 2.44 bits per heavy atom. The van der Waals surface area contributed by atoms with Gasteiger partial charge >= 0.3 is 0 Å². The van der Waals surface area contributed by atoms with Gasteiger partial charge in [-0.25, -0.2) is 0 Å². The van der Waals surface area contributed by atoms with Crippen molar-refractivity contribution >= 4 is 17.4 Å². The summed E-state index contributed by atoms with van der Waals surface area (Å²) >= 11 is 0. The molecule has 2 aromatic rings. The number of rotatable bonds is 12. The van der Waals surface area contributed by atoms with Crippen LogP contribution in [0.15, 0.2) is 42.0 Å². The average Bonchev–Trinajstić information content (AvgIpc) is 3.22. The highest BCUT2D eigenvalue weighted by Gasteiger charge is 2.46. The highest BCUT2D eigenvalue weighted by Crippen LogP contribution is 2.42. The Hall–Kier alpha value is -3.56. The van der Waals surface area contributed by atoms with Crippen LogP contribution in [0, 0.1) is 6.92 Å². The summed E-state index contributed by atoms with van der Waals surface area (Å²) in [5, 5.41) is 11.6. The molecule has 41 heavy (non-hydrogen) atoms. The van der Waals surface area contributed by atoms with Crippen LogP contribution in [0.2, 0.25) is 0 Å². The van der Waals surface area contributed by atoms with Gasteiger partial charge in [0.2, 0.25) is 0 Å². The molecular weight excluding hydrogens is 524 g/mol. The number of aliphatic hydroxyl groups is 1. The third kappa shape index (κ3) is 7.02. The molecule has 0 radical (unpaired) electrons. The summed E-state index contributed by atoms with van der Waals surface area (Å²) in [7, 11) is 1.56. The second-order valence-electron chi connectivity index (χ2n) is 10.7. The minimum Gasteiger partial charge on any atom is -0.507 e. The fraction of sp³-hybridized carbons (Fsp3) is 0.500. The Kier molecular flexibility index (Phi) is 10.3. The fourth-order valence-corrected chi connectivity index (χ4v) is 5.17. The number of unbranched alkanes of at least 4 members (excludes halogenated alkanes) is 1. The van der Waals surface area contributed by atoms with E-state index in [0.717, 1.165) is 31.5 Å². The van der Waals surface area contributed by atoms with Gasteiger partial charge in [0.15, 0.2) is 11.5 Å². The van der Waals surface area contributed by atoms with Crippen molar-refractivity contribution in [2.75, 3.05) is 53.1 Å². The van der Waals surface area contributed by atoms with Gasteiger partial charge in [0.05, 0.1) is 44.6 Å². The van der Waals surface area contributed by atoms with Crippen LogP contribution in [-0.2, 0) is 14.3 Å². The zero-order chi connectivity index (χ0) is 29.5. The predicted molar refractivity (Wildman–Crippen MR) is 157 cm³/mol. The molecule has 222 valence electrons. The number of methoxy groups -OCH3 is 1. The van der Waals surface area contributed by atoms with Crippen LogP contribution in [0.25, 0.3) is 5.76 Å². The maximum Gasteiger partial charge on any atom is 0.295 e. The monoisotopic (exact) mass is 566 g/mol. The van der Waals surface area contributed by atoms with Crippen molar-refractivity contribution in [2.45, 2.75) is 52.7 Å². The summed E-state index contributed by atoms with van der Waals surface area (Å²) in [5.41, 5.74) is 1.97. The topological polar surface area (TPSA) is 97.8 Å². The smallest absolute Gasteiger partial charge is 0.295 e. The van der Waals surface area contributed by atoms with Crippen LogP contribution in [0.5, 0.6) is 17.2 Å². The van der Waals surface area contributed by atoms with Gasteiger partial charge in [0.25, 0.3) is 11.7 Å². The largest absolute Gasteiger partial charge is 0.507 e. The molecule has 1 amide bonds. The lowest BCUT2D eigenvalue weighted by Crippen LogP contribution is -2.42. The van der Waals surface area contributed by atoms with E-state index < -0.39 is 17.7 Å². The Morgan fingerprint density at radius 1 is 1.05 bits per heavy atom. The zero-order valence-electron chi connectivity index (χ0n) is 24.8. The van der Waals surface area contributed by atoms with Crippen LogP contribution in [0.3, 0.4) is 0 Å². The molecule has 9 heteroatoms. The van der Waals surface area contributed by atoms with Gasteiger partial charge in [-0.2, -0.15) is 0 Å². The van der Waals surface area contributed by atoms with Crippen LogP contribution >= 0.6 is 0 Å². The van der Waals surface area contributed by atoms with Crippen LogP contribution < -0.4 is 14.2 Å². The fourth-order valence-electron chi connectivity index (χ4n) is 5.17. The molecular formula is C32H42N2O7. The second-order valence-corrected chi connectivity index (χ2v) is 10.7. The number of hydrogen-bond donors (Lipinski definition) is 1. The lowest BCUT2D eigenvalue weighted by Gasteiger charge is -2.31. The molecule has 9 nitrogen and oxygen atoms in total. The van der Waals surface area contributed by atoms with Crippen molar-refractivity contribution < 1.29 is 33.6 Å². The van der Waals surface area contributed by atoms with Gasteiger partial charge in [0, 0.05) is 31.7 Å². The third-order valence-corrected chi connectivity index (χ3v) is 7.37. The molecule has 2 heterocycles. The maximum absolute atomic E-state index is 13.5. The van der Waals surface area contributed by atoms with E-state index in [2.05, 4.69) is 11.8 Å². The number of amides is 1. The van der Waals surface area contributed by atoms with Gasteiger partial charge in [0.1, 0.15) is 11.5 Å². The molecule has 0 saturated carbocycles. The number of carbonyl (C=O) groups excluding carboxylic acids is 2. The van der Waals surface area contributed by atoms with Crippen molar-refractivity contribution in [3.8, 4) is 17.2 Å². The number of carbonyl (C=O) groups is 2. The van der Waals surface area contributed by atoms with E-state index in [1.54, 1.807) is 42.3 Å². The Balaban J connectivity index is 1.75. The molecule has 0 bridgehead atoms. The second kappa shape index (κ2) is 13.9. The highest BCUT2D eigenvalue weighted by molar-refractivity contribution is 6.46. The van der Waals surface area contributed by atoms with E-state index in [1.807, 2.05) is 26.8 Å². The first-order chi connectivity index (χ1) is 19.7. The van der Waals surface area contributed by atoms with E-state index in [1.165, 1.54) is 0 Å². The first kappa shape index (κ1) is 30.4. The molecule has 0 aliphatic carbocycles. The summed E-state index contributed by atoms with van der Waals surface area (Å²) in [6, 6.07) is 9.90. The van der Waals surface area contributed by atoms with Gasteiger partial charge < -0.3 is 29.0 Å². The average molecular weight is 567 g/mol. The number of Topliss-reactive ketones (excluding diaryl/α,β-unsaturated/α-hetero) is 1.